The Morgan fingerprint density at radius 2 is 1.78 bits per heavy atom. The Balaban J connectivity index is 1.87. The number of aromatic nitrogens is 3. The minimum absolute atomic E-state index is 0.0252. The lowest BCUT2D eigenvalue weighted by atomic mass is 10.2. The molecule has 3 amide bonds. The van der Waals surface area contributed by atoms with Gasteiger partial charge in [0.15, 0.2) is 11.5 Å². The molecule has 0 spiro atoms. The van der Waals surface area contributed by atoms with Gasteiger partial charge in [-0.15, -0.1) is 0 Å². The number of carbonyl (C=O) groups excluding carboxylic acids is 3. The molecule has 1 aromatic carbocycles. The van der Waals surface area contributed by atoms with Crippen molar-refractivity contribution in [1.29, 1.82) is 0 Å². The van der Waals surface area contributed by atoms with Crippen molar-refractivity contribution in [3.8, 4) is 11.6 Å². The zero-order valence-electron chi connectivity index (χ0n) is 23.4. The van der Waals surface area contributed by atoms with E-state index in [4.69, 9.17) is 9.47 Å². The van der Waals surface area contributed by atoms with Gasteiger partial charge in [-0.25, -0.2) is 14.5 Å². The maximum atomic E-state index is 13.6. The molecule has 0 saturated heterocycles. The van der Waals surface area contributed by atoms with Gasteiger partial charge in [0.1, 0.15) is 23.1 Å². The SMILES string of the molecule is COc1ccccc1CNC(=O)c1cc(C(F)(F)F)nn1-c1cc(N(C)C(=O)[C@H](C)NC(=O)OC(C)(C)C)ccn1. The molecule has 220 valence electrons. The van der Waals surface area contributed by atoms with Gasteiger partial charge in [0.2, 0.25) is 5.91 Å². The van der Waals surface area contributed by atoms with Gasteiger partial charge < -0.3 is 25.0 Å². The molecule has 0 unspecified atom stereocenters. The number of nitrogens with one attached hydrogen (secondary N) is 2. The average Bonchev–Trinajstić information content (AvgIpc) is 3.36. The van der Waals surface area contributed by atoms with Gasteiger partial charge >= 0.3 is 12.3 Å². The molecule has 0 aliphatic heterocycles. The van der Waals surface area contributed by atoms with E-state index in [9.17, 15) is 27.6 Å². The van der Waals surface area contributed by atoms with Crippen LogP contribution in [0.2, 0.25) is 0 Å². The fourth-order valence-corrected chi connectivity index (χ4v) is 3.67. The Morgan fingerprint density at radius 1 is 1.10 bits per heavy atom. The number of rotatable bonds is 8. The van der Waals surface area contributed by atoms with Gasteiger partial charge in [-0.2, -0.15) is 18.3 Å². The first-order chi connectivity index (χ1) is 19.1. The number of alkyl halides is 3. The van der Waals surface area contributed by atoms with Gasteiger partial charge in [-0.05, 0) is 39.8 Å². The summed E-state index contributed by atoms with van der Waals surface area (Å²) < 4.78 is 51.9. The van der Waals surface area contributed by atoms with Crippen LogP contribution in [0.4, 0.5) is 23.7 Å². The number of amides is 3. The summed E-state index contributed by atoms with van der Waals surface area (Å²) in [5, 5.41) is 8.60. The van der Waals surface area contributed by atoms with Crippen molar-refractivity contribution >= 4 is 23.6 Å². The molecule has 0 fully saturated rings. The summed E-state index contributed by atoms with van der Waals surface area (Å²) in [5.74, 6) is -1.03. The Morgan fingerprint density at radius 3 is 2.41 bits per heavy atom. The number of hydrogen-bond donors (Lipinski definition) is 2. The van der Waals surface area contributed by atoms with Crippen LogP contribution in [-0.4, -0.2) is 58.5 Å². The largest absolute Gasteiger partial charge is 0.496 e. The highest BCUT2D eigenvalue weighted by Gasteiger charge is 2.36. The standard InChI is InChI=1S/C27H31F3N6O5/c1-16(33-25(39)41-26(2,3)4)24(38)35(5)18-11-12-31-22(13-18)36-19(14-21(34-36)27(28,29)30)23(37)32-15-17-9-7-8-10-20(17)40-6/h7-14,16H,15H2,1-6H3,(H,32,37)(H,33,39)/t16-/m0/s1. The number of hydrogen-bond acceptors (Lipinski definition) is 7. The summed E-state index contributed by atoms with van der Waals surface area (Å²) in [6.07, 6.45) is -4.37. The predicted molar refractivity (Wildman–Crippen MR) is 143 cm³/mol. The van der Waals surface area contributed by atoms with Crippen LogP contribution in [0.15, 0.2) is 48.7 Å². The molecule has 2 N–H and O–H groups in total. The van der Waals surface area contributed by atoms with E-state index in [1.165, 1.54) is 44.3 Å². The van der Waals surface area contributed by atoms with Crippen LogP contribution in [0.25, 0.3) is 5.82 Å². The summed E-state index contributed by atoms with van der Waals surface area (Å²) in [5.41, 5.74) is -1.66. The number of nitrogens with zero attached hydrogens (tertiary/aromatic N) is 4. The quantitative estimate of drug-likeness (QED) is 0.413. The second kappa shape index (κ2) is 12.3. The highest BCUT2D eigenvalue weighted by atomic mass is 19.4. The Labute approximate surface area is 234 Å². The zero-order chi connectivity index (χ0) is 30.5. The molecule has 3 rings (SSSR count). The number of anilines is 1. The van der Waals surface area contributed by atoms with Gasteiger partial charge in [0.05, 0.1) is 7.11 Å². The molecule has 3 aromatic rings. The topological polar surface area (TPSA) is 128 Å². The summed E-state index contributed by atoms with van der Waals surface area (Å²) >= 11 is 0. The highest BCUT2D eigenvalue weighted by molar-refractivity contribution is 5.98. The zero-order valence-corrected chi connectivity index (χ0v) is 23.4. The lowest BCUT2D eigenvalue weighted by molar-refractivity contribution is -0.141. The molecule has 0 aliphatic rings. The molecule has 0 aliphatic carbocycles. The van der Waals surface area contributed by atoms with E-state index in [2.05, 4.69) is 20.7 Å². The van der Waals surface area contributed by atoms with Gasteiger partial charge in [-0.1, -0.05) is 18.2 Å². The van der Waals surface area contributed by atoms with Crippen molar-refractivity contribution in [2.45, 2.75) is 52.1 Å². The molecule has 2 aromatic heterocycles. The van der Waals surface area contributed by atoms with E-state index < -0.39 is 47.1 Å². The van der Waals surface area contributed by atoms with Gasteiger partial charge in [-0.3, -0.25) is 9.59 Å². The molecule has 0 saturated carbocycles. The first-order valence-electron chi connectivity index (χ1n) is 12.4. The molecule has 1 atom stereocenters. The van der Waals surface area contributed by atoms with Crippen molar-refractivity contribution < 1.29 is 37.0 Å². The third kappa shape index (κ3) is 7.96. The summed E-state index contributed by atoms with van der Waals surface area (Å²) in [7, 11) is 2.87. The normalized spacial score (nSPS) is 12.3. The van der Waals surface area contributed by atoms with E-state index >= 15 is 0 Å². The number of pyridine rings is 1. The number of methoxy groups -OCH3 is 1. The van der Waals surface area contributed by atoms with Crippen molar-refractivity contribution in [3.63, 3.8) is 0 Å². The monoisotopic (exact) mass is 576 g/mol. The maximum Gasteiger partial charge on any atom is 0.435 e. The number of carbonyl (C=O) groups is 3. The van der Waals surface area contributed by atoms with Crippen LogP contribution < -0.4 is 20.3 Å². The van der Waals surface area contributed by atoms with Crippen LogP contribution in [0, 0.1) is 0 Å². The molecule has 11 nitrogen and oxygen atoms in total. The third-order valence-corrected chi connectivity index (χ3v) is 5.63. The maximum absolute atomic E-state index is 13.6. The second-order valence-corrected chi connectivity index (χ2v) is 9.96. The minimum Gasteiger partial charge on any atom is -0.496 e. The van der Waals surface area contributed by atoms with Gasteiger partial charge in [0.25, 0.3) is 5.91 Å². The summed E-state index contributed by atoms with van der Waals surface area (Å²) in [6.45, 7) is 6.46. The van der Waals surface area contributed by atoms with Crippen molar-refractivity contribution in [2.75, 3.05) is 19.1 Å². The number of halogens is 3. The number of para-hydroxylation sites is 1. The molecule has 14 heteroatoms. The Bertz CT molecular complexity index is 1420. The van der Waals surface area contributed by atoms with Crippen LogP contribution in [0.5, 0.6) is 5.75 Å². The van der Waals surface area contributed by atoms with Crippen LogP contribution in [0.3, 0.4) is 0 Å². The Hall–Kier alpha value is -4.62. The van der Waals surface area contributed by atoms with Crippen molar-refractivity contribution in [1.82, 2.24) is 25.4 Å². The molecular weight excluding hydrogens is 545 g/mol. The molecule has 0 radical (unpaired) electrons. The van der Waals surface area contributed by atoms with E-state index in [-0.39, 0.29) is 18.1 Å². The summed E-state index contributed by atoms with van der Waals surface area (Å²) in [4.78, 5) is 43.3. The van der Waals surface area contributed by atoms with E-state index in [1.807, 2.05) is 0 Å². The predicted octanol–water partition coefficient (Wildman–Crippen LogP) is 4.10. The van der Waals surface area contributed by atoms with Crippen LogP contribution in [-0.2, 0) is 22.3 Å². The summed E-state index contributed by atoms with van der Waals surface area (Å²) in [6, 6.07) is 9.21. The molecule has 2 heterocycles. The van der Waals surface area contributed by atoms with E-state index in [0.29, 0.717) is 17.4 Å². The average molecular weight is 577 g/mol. The fourth-order valence-electron chi connectivity index (χ4n) is 3.67. The molecule has 0 bridgehead atoms. The highest BCUT2D eigenvalue weighted by Crippen LogP contribution is 2.30. The Kier molecular flexibility index (Phi) is 9.25. The van der Waals surface area contributed by atoms with E-state index in [0.717, 1.165) is 4.68 Å². The van der Waals surface area contributed by atoms with Crippen LogP contribution in [0.1, 0.15) is 49.4 Å². The first kappa shape index (κ1) is 30.9. The fraction of sp³-hybridized carbons (Fsp3) is 0.370. The van der Waals surface area contributed by atoms with Crippen LogP contribution >= 0.6 is 0 Å². The number of likely N-dealkylation sites (N-methyl/N-ethyl adjacent to an activating group) is 1. The third-order valence-electron chi connectivity index (χ3n) is 5.63. The molecule has 41 heavy (non-hydrogen) atoms. The minimum atomic E-state index is -4.84. The van der Waals surface area contributed by atoms with Crippen molar-refractivity contribution in [2.24, 2.45) is 0 Å². The van der Waals surface area contributed by atoms with Gasteiger partial charge in [0, 0.05) is 43.2 Å². The lowest BCUT2D eigenvalue weighted by Crippen LogP contribution is -2.47. The second-order valence-electron chi connectivity index (χ2n) is 9.96. The lowest BCUT2D eigenvalue weighted by Gasteiger charge is -2.24. The number of benzene rings is 1. The smallest absolute Gasteiger partial charge is 0.435 e. The van der Waals surface area contributed by atoms with Crippen molar-refractivity contribution in [3.05, 3.63) is 65.6 Å². The first-order valence-corrected chi connectivity index (χ1v) is 12.4. The van der Waals surface area contributed by atoms with E-state index in [1.54, 1.807) is 45.0 Å². The number of alkyl carbamates (subject to hydrolysis) is 1. The molecular formula is C27H31F3N6O5. The number of ether oxygens (including phenoxy) is 2.